The average Bonchev–Trinajstić information content (AvgIpc) is 1.83. The van der Waals surface area contributed by atoms with E-state index in [-0.39, 0.29) is 5.75 Å². The van der Waals surface area contributed by atoms with Gasteiger partial charge in [0.15, 0.2) is 0 Å². The van der Waals surface area contributed by atoms with Crippen LogP contribution in [0.2, 0.25) is 0 Å². The van der Waals surface area contributed by atoms with E-state index < -0.39 is 10.0 Å². The molecule has 0 heterocycles. The average molecular weight is 179 g/mol. The van der Waals surface area contributed by atoms with E-state index >= 15 is 0 Å². The Balaban J connectivity index is 3.54. The lowest BCUT2D eigenvalue weighted by atomic mass is 10.0. The molecule has 2 N–H and O–H groups in total. The van der Waals surface area contributed by atoms with Crippen molar-refractivity contribution in [2.45, 2.75) is 33.1 Å². The highest BCUT2D eigenvalue weighted by Crippen LogP contribution is 2.09. The van der Waals surface area contributed by atoms with E-state index in [2.05, 4.69) is 13.8 Å². The number of sulfonamides is 1. The van der Waals surface area contributed by atoms with Crippen LogP contribution in [0.25, 0.3) is 0 Å². The van der Waals surface area contributed by atoms with Gasteiger partial charge in [-0.25, -0.2) is 13.6 Å². The first kappa shape index (κ1) is 10.9. The Morgan fingerprint density at radius 2 is 1.91 bits per heavy atom. The van der Waals surface area contributed by atoms with Gasteiger partial charge in [-0.05, 0) is 12.3 Å². The molecule has 4 heteroatoms. The van der Waals surface area contributed by atoms with Crippen LogP contribution in [0.1, 0.15) is 33.1 Å². The lowest BCUT2D eigenvalue weighted by Gasteiger charge is -2.07. The van der Waals surface area contributed by atoms with Crippen molar-refractivity contribution >= 4 is 10.0 Å². The summed E-state index contributed by atoms with van der Waals surface area (Å²) < 4.78 is 21.0. The summed E-state index contributed by atoms with van der Waals surface area (Å²) in [5.41, 5.74) is 0. The third-order valence-electron chi connectivity index (χ3n) is 1.68. The van der Waals surface area contributed by atoms with Crippen LogP contribution in [-0.2, 0) is 10.0 Å². The SMILES string of the molecule is CCCC(C)CCS(N)(=O)=O. The van der Waals surface area contributed by atoms with Gasteiger partial charge in [0.1, 0.15) is 0 Å². The van der Waals surface area contributed by atoms with Gasteiger partial charge in [-0.1, -0.05) is 26.7 Å². The van der Waals surface area contributed by atoms with Gasteiger partial charge in [0.05, 0.1) is 5.75 Å². The lowest BCUT2D eigenvalue weighted by molar-refractivity contribution is 0.503. The Morgan fingerprint density at radius 1 is 1.36 bits per heavy atom. The largest absolute Gasteiger partial charge is 0.229 e. The van der Waals surface area contributed by atoms with Crippen molar-refractivity contribution < 1.29 is 8.42 Å². The van der Waals surface area contributed by atoms with E-state index in [4.69, 9.17) is 5.14 Å². The van der Waals surface area contributed by atoms with Gasteiger partial charge < -0.3 is 0 Å². The number of primary sulfonamides is 1. The second-order valence-corrected chi connectivity index (χ2v) is 4.78. The molecule has 0 aromatic rings. The molecule has 0 aromatic heterocycles. The molecular weight excluding hydrogens is 162 g/mol. The molecule has 0 amide bonds. The quantitative estimate of drug-likeness (QED) is 0.687. The summed E-state index contributed by atoms with van der Waals surface area (Å²) in [7, 11) is -3.24. The molecule has 3 nitrogen and oxygen atoms in total. The van der Waals surface area contributed by atoms with E-state index in [0.29, 0.717) is 12.3 Å². The normalized spacial score (nSPS) is 14.8. The number of rotatable bonds is 5. The summed E-state index contributed by atoms with van der Waals surface area (Å²) in [5, 5.41) is 4.85. The highest BCUT2D eigenvalue weighted by molar-refractivity contribution is 7.89. The molecule has 11 heavy (non-hydrogen) atoms. The Hall–Kier alpha value is -0.0900. The fraction of sp³-hybridized carbons (Fsp3) is 1.00. The van der Waals surface area contributed by atoms with Crippen LogP contribution in [0, 0.1) is 5.92 Å². The predicted molar refractivity (Wildman–Crippen MR) is 46.7 cm³/mol. The molecule has 0 bridgehead atoms. The van der Waals surface area contributed by atoms with E-state index in [1.807, 2.05) is 0 Å². The predicted octanol–water partition coefficient (Wildman–Crippen LogP) is 1.10. The van der Waals surface area contributed by atoms with Crippen LogP contribution in [0.15, 0.2) is 0 Å². The van der Waals surface area contributed by atoms with Gasteiger partial charge in [-0.15, -0.1) is 0 Å². The topological polar surface area (TPSA) is 60.2 Å². The highest BCUT2D eigenvalue weighted by atomic mass is 32.2. The number of hydrogen-bond acceptors (Lipinski definition) is 2. The smallest absolute Gasteiger partial charge is 0.209 e. The Labute approximate surface area is 69.0 Å². The van der Waals surface area contributed by atoms with Crippen molar-refractivity contribution in [3.8, 4) is 0 Å². The van der Waals surface area contributed by atoms with E-state index in [9.17, 15) is 8.42 Å². The van der Waals surface area contributed by atoms with Crippen LogP contribution in [0.3, 0.4) is 0 Å². The van der Waals surface area contributed by atoms with E-state index in [0.717, 1.165) is 12.8 Å². The van der Waals surface area contributed by atoms with Crippen molar-refractivity contribution in [1.82, 2.24) is 0 Å². The second-order valence-electron chi connectivity index (χ2n) is 3.05. The third kappa shape index (κ3) is 7.81. The van der Waals surface area contributed by atoms with Crippen LogP contribution in [0.4, 0.5) is 0 Å². The zero-order chi connectivity index (χ0) is 8.91. The fourth-order valence-corrected chi connectivity index (χ4v) is 1.73. The molecule has 0 radical (unpaired) electrons. The minimum Gasteiger partial charge on any atom is -0.229 e. The van der Waals surface area contributed by atoms with Crippen molar-refractivity contribution in [3.05, 3.63) is 0 Å². The van der Waals surface area contributed by atoms with Crippen molar-refractivity contribution in [1.29, 1.82) is 0 Å². The number of nitrogens with two attached hydrogens (primary N) is 1. The monoisotopic (exact) mass is 179 g/mol. The summed E-state index contributed by atoms with van der Waals surface area (Å²) in [5.74, 6) is 0.590. The van der Waals surface area contributed by atoms with Crippen LogP contribution < -0.4 is 5.14 Å². The molecule has 0 fully saturated rings. The molecule has 0 saturated heterocycles. The minimum atomic E-state index is -3.24. The maximum absolute atomic E-state index is 10.5. The van der Waals surface area contributed by atoms with Crippen LogP contribution in [-0.4, -0.2) is 14.2 Å². The Kier molecular flexibility index (Phi) is 4.68. The van der Waals surface area contributed by atoms with Crippen LogP contribution in [0.5, 0.6) is 0 Å². The molecular formula is C7H17NO2S. The summed E-state index contributed by atoms with van der Waals surface area (Å²) in [6, 6.07) is 0. The van der Waals surface area contributed by atoms with Crippen molar-refractivity contribution in [2.24, 2.45) is 11.1 Å². The van der Waals surface area contributed by atoms with Crippen molar-refractivity contribution in [3.63, 3.8) is 0 Å². The van der Waals surface area contributed by atoms with Crippen LogP contribution >= 0.6 is 0 Å². The lowest BCUT2D eigenvalue weighted by Crippen LogP contribution is -2.18. The molecule has 0 aliphatic heterocycles. The second kappa shape index (κ2) is 4.72. The van der Waals surface area contributed by atoms with E-state index in [1.165, 1.54) is 0 Å². The first-order valence-corrected chi connectivity index (χ1v) is 5.67. The summed E-state index contributed by atoms with van der Waals surface area (Å²) in [4.78, 5) is 0. The van der Waals surface area contributed by atoms with Gasteiger partial charge in [-0.3, -0.25) is 0 Å². The fourth-order valence-electron chi connectivity index (χ4n) is 1.00. The Bertz CT molecular complexity index is 187. The first-order valence-electron chi connectivity index (χ1n) is 3.96. The summed E-state index contributed by atoms with van der Waals surface area (Å²) in [6.07, 6.45) is 2.87. The van der Waals surface area contributed by atoms with Gasteiger partial charge in [0.25, 0.3) is 0 Å². The van der Waals surface area contributed by atoms with Gasteiger partial charge in [-0.2, -0.15) is 0 Å². The molecule has 1 unspecified atom stereocenters. The zero-order valence-electron chi connectivity index (χ0n) is 7.21. The van der Waals surface area contributed by atoms with E-state index in [1.54, 1.807) is 0 Å². The number of hydrogen-bond donors (Lipinski definition) is 1. The summed E-state index contributed by atoms with van der Waals surface area (Å²) >= 11 is 0. The zero-order valence-corrected chi connectivity index (χ0v) is 8.02. The van der Waals surface area contributed by atoms with Crippen molar-refractivity contribution in [2.75, 3.05) is 5.75 Å². The molecule has 0 aliphatic rings. The standard InChI is InChI=1S/C7H17NO2S/c1-3-4-7(2)5-6-11(8,9)10/h7H,3-6H2,1-2H3,(H2,8,9,10). The molecule has 0 rings (SSSR count). The molecule has 0 aliphatic carbocycles. The molecule has 0 saturated carbocycles. The third-order valence-corrected chi connectivity index (χ3v) is 2.48. The molecule has 68 valence electrons. The van der Waals surface area contributed by atoms with Gasteiger partial charge in [0.2, 0.25) is 10.0 Å². The highest BCUT2D eigenvalue weighted by Gasteiger charge is 2.06. The molecule has 0 aromatic carbocycles. The molecule has 0 spiro atoms. The maximum Gasteiger partial charge on any atom is 0.209 e. The first-order chi connectivity index (χ1) is 4.95. The molecule has 1 atom stereocenters. The Morgan fingerprint density at radius 3 is 2.27 bits per heavy atom. The minimum absolute atomic E-state index is 0.119. The van der Waals surface area contributed by atoms with Gasteiger partial charge >= 0.3 is 0 Å². The summed E-state index contributed by atoms with van der Waals surface area (Å²) in [6.45, 7) is 4.14. The maximum atomic E-state index is 10.5. The van der Waals surface area contributed by atoms with Gasteiger partial charge in [0, 0.05) is 0 Å².